The Kier molecular flexibility index (Phi) is 7.03. The summed E-state index contributed by atoms with van der Waals surface area (Å²) < 4.78 is 21.6. The van der Waals surface area contributed by atoms with Gasteiger partial charge in [-0.1, -0.05) is 23.7 Å². The molecule has 156 valence electrons. The Morgan fingerprint density at radius 3 is 2.00 bits per heavy atom. The second-order valence-electron chi connectivity index (χ2n) is 6.31. The molecular weight excluding hydrogens is 406 g/mol. The molecule has 3 aromatic carbocycles. The van der Waals surface area contributed by atoms with Crippen molar-refractivity contribution in [2.45, 2.75) is 6.61 Å². The topological polar surface area (TPSA) is 66.0 Å². The normalized spacial score (nSPS) is 10.3. The molecule has 0 bridgehead atoms. The van der Waals surface area contributed by atoms with Gasteiger partial charge in [-0.05, 0) is 42.0 Å². The number of ether oxygens (including phenoxy) is 4. The van der Waals surface area contributed by atoms with E-state index >= 15 is 0 Å². The summed E-state index contributed by atoms with van der Waals surface area (Å²) >= 11 is 5.87. The molecule has 1 N–H and O–H groups in total. The summed E-state index contributed by atoms with van der Waals surface area (Å²) in [6.07, 6.45) is 0. The van der Waals surface area contributed by atoms with Crippen molar-refractivity contribution in [1.29, 1.82) is 0 Å². The van der Waals surface area contributed by atoms with E-state index in [1.165, 1.54) is 21.3 Å². The van der Waals surface area contributed by atoms with Crippen LogP contribution in [0, 0.1) is 0 Å². The van der Waals surface area contributed by atoms with Crippen LogP contribution < -0.4 is 24.3 Å². The lowest BCUT2D eigenvalue weighted by atomic mass is 10.1. The number of rotatable bonds is 8. The van der Waals surface area contributed by atoms with Crippen LogP contribution in [0.25, 0.3) is 0 Å². The van der Waals surface area contributed by atoms with Crippen molar-refractivity contribution in [3.8, 4) is 23.0 Å². The number of nitrogens with one attached hydrogen (secondary N) is 1. The van der Waals surface area contributed by atoms with E-state index in [0.29, 0.717) is 40.1 Å². The van der Waals surface area contributed by atoms with Crippen molar-refractivity contribution in [3.05, 3.63) is 76.8 Å². The molecule has 0 radical (unpaired) electrons. The van der Waals surface area contributed by atoms with Gasteiger partial charge in [-0.15, -0.1) is 0 Å². The molecule has 3 aromatic rings. The lowest BCUT2D eigenvalue weighted by Crippen LogP contribution is -2.12. The maximum atomic E-state index is 12.6. The molecule has 0 aliphatic carbocycles. The first kappa shape index (κ1) is 21.3. The predicted molar refractivity (Wildman–Crippen MR) is 116 cm³/mol. The van der Waals surface area contributed by atoms with E-state index in [1.807, 2.05) is 24.3 Å². The van der Waals surface area contributed by atoms with E-state index in [4.69, 9.17) is 30.5 Å². The van der Waals surface area contributed by atoms with Crippen molar-refractivity contribution in [1.82, 2.24) is 0 Å². The molecule has 0 unspecified atom stereocenters. The molecular formula is C23H22ClNO5. The van der Waals surface area contributed by atoms with Gasteiger partial charge in [-0.25, -0.2) is 0 Å². The highest BCUT2D eigenvalue weighted by molar-refractivity contribution is 6.30. The number of anilines is 1. The van der Waals surface area contributed by atoms with Gasteiger partial charge in [0, 0.05) is 28.4 Å². The molecule has 0 heterocycles. The summed E-state index contributed by atoms with van der Waals surface area (Å²) in [6, 6.07) is 17.7. The molecule has 0 aliphatic rings. The van der Waals surface area contributed by atoms with Gasteiger partial charge in [-0.2, -0.15) is 0 Å². The number of carbonyl (C=O) groups excluding carboxylic acids is 1. The quantitative estimate of drug-likeness (QED) is 0.535. The van der Waals surface area contributed by atoms with Crippen LogP contribution in [0.3, 0.4) is 0 Å². The van der Waals surface area contributed by atoms with Crippen LogP contribution in [-0.2, 0) is 6.61 Å². The van der Waals surface area contributed by atoms with Gasteiger partial charge in [0.15, 0.2) is 11.5 Å². The fourth-order valence-corrected chi connectivity index (χ4v) is 2.93. The fourth-order valence-electron chi connectivity index (χ4n) is 2.81. The van der Waals surface area contributed by atoms with Crippen LogP contribution in [0.2, 0.25) is 5.02 Å². The summed E-state index contributed by atoms with van der Waals surface area (Å²) in [5.74, 6) is 1.85. The maximum Gasteiger partial charge on any atom is 0.255 e. The minimum atomic E-state index is -0.255. The first-order valence-corrected chi connectivity index (χ1v) is 9.50. The molecule has 1 amide bonds. The Morgan fingerprint density at radius 2 is 1.47 bits per heavy atom. The van der Waals surface area contributed by atoms with Crippen molar-refractivity contribution < 1.29 is 23.7 Å². The van der Waals surface area contributed by atoms with Gasteiger partial charge in [0.25, 0.3) is 5.91 Å². The lowest BCUT2D eigenvalue weighted by Gasteiger charge is -2.14. The third-order valence-corrected chi connectivity index (χ3v) is 4.61. The van der Waals surface area contributed by atoms with Crippen molar-refractivity contribution in [2.75, 3.05) is 26.6 Å². The average molecular weight is 428 g/mol. The Hall–Kier alpha value is -3.38. The Bertz CT molecular complexity index is 978. The molecule has 0 spiro atoms. The Morgan fingerprint density at radius 1 is 0.867 bits per heavy atom. The third kappa shape index (κ3) is 5.15. The van der Waals surface area contributed by atoms with Gasteiger partial charge < -0.3 is 24.3 Å². The molecule has 0 aromatic heterocycles. The number of carbonyl (C=O) groups is 1. The standard InChI is InChI=1S/C23H22ClNO5/c1-27-20-12-18(13-21(28-2)22(20)29-3)25-23(26)16-6-4-15(5-7-16)14-30-19-10-8-17(24)9-11-19/h4-13H,14H2,1-3H3,(H,25,26). The van der Waals surface area contributed by atoms with E-state index in [-0.39, 0.29) is 5.91 Å². The molecule has 3 rings (SSSR count). The number of methoxy groups -OCH3 is 3. The van der Waals surface area contributed by atoms with Crippen molar-refractivity contribution >= 4 is 23.2 Å². The number of halogens is 1. The van der Waals surface area contributed by atoms with Crippen LogP contribution in [0.15, 0.2) is 60.7 Å². The van der Waals surface area contributed by atoms with Crippen LogP contribution in [0.5, 0.6) is 23.0 Å². The minimum Gasteiger partial charge on any atom is -0.493 e. The van der Waals surface area contributed by atoms with Crippen LogP contribution in [-0.4, -0.2) is 27.2 Å². The van der Waals surface area contributed by atoms with Crippen molar-refractivity contribution in [2.24, 2.45) is 0 Å². The van der Waals surface area contributed by atoms with E-state index in [0.717, 1.165) is 11.3 Å². The molecule has 0 saturated carbocycles. The summed E-state index contributed by atoms with van der Waals surface area (Å²) in [7, 11) is 4.57. The highest BCUT2D eigenvalue weighted by Crippen LogP contribution is 2.40. The second-order valence-corrected chi connectivity index (χ2v) is 6.74. The molecule has 0 atom stereocenters. The van der Waals surface area contributed by atoms with E-state index in [2.05, 4.69) is 5.32 Å². The highest BCUT2D eigenvalue weighted by atomic mass is 35.5. The highest BCUT2D eigenvalue weighted by Gasteiger charge is 2.15. The summed E-state index contributed by atoms with van der Waals surface area (Å²) in [4.78, 5) is 12.6. The van der Waals surface area contributed by atoms with Crippen LogP contribution >= 0.6 is 11.6 Å². The number of benzene rings is 3. The number of hydrogen-bond donors (Lipinski definition) is 1. The van der Waals surface area contributed by atoms with Crippen molar-refractivity contribution in [3.63, 3.8) is 0 Å². The van der Waals surface area contributed by atoms with E-state index < -0.39 is 0 Å². The third-order valence-electron chi connectivity index (χ3n) is 4.36. The first-order chi connectivity index (χ1) is 14.5. The molecule has 0 fully saturated rings. The van der Waals surface area contributed by atoms with Gasteiger partial charge in [0.2, 0.25) is 5.75 Å². The second kappa shape index (κ2) is 9.89. The van der Waals surface area contributed by atoms with E-state index in [9.17, 15) is 4.79 Å². The summed E-state index contributed by atoms with van der Waals surface area (Å²) in [5.41, 5.74) is 1.98. The fraction of sp³-hybridized carbons (Fsp3) is 0.174. The maximum absolute atomic E-state index is 12.6. The van der Waals surface area contributed by atoms with E-state index in [1.54, 1.807) is 36.4 Å². The minimum absolute atomic E-state index is 0.255. The zero-order chi connectivity index (χ0) is 21.5. The monoisotopic (exact) mass is 427 g/mol. The first-order valence-electron chi connectivity index (χ1n) is 9.12. The average Bonchev–Trinajstić information content (AvgIpc) is 2.78. The Labute approximate surface area is 180 Å². The predicted octanol–water partition coefficient (Wildman–Crippen LogP) is 5.20. The van der Waals surface area contributed by atoms with Gasteiger partial charge in [-0.3, -0.25) is 4.79 Å². The summed E-state index contributed by atoms with van der Waals surface area (Å²) in [6.45, 7) is 0.385. The lowest BCUT2D eigenvalue weighted by molar-refractivity contribution is 0.102. The Balaban J connectivity index is 1.66. The van der Waals surface area contributed by atoms with Gasteiger partial charge in [0.05, 0.1) is 21.3 Å². The molecule has 7 heteroatoms. The van der Waals surface area contributed by atoms with Gasteiger partial charge >= 0.3 is 0 Å². The van der Waals surface area contributed by atoms with Crippen LogP contribution in [0.4, 0.5) is 5.69 Å². The largest absolute Gasteiger partial charge is 0.493 e. The SMILES string of the molecule is COc1cc(NC(=O)c2ccc(COc3ccc(Cl)cc3)cc2)cc(OC)c1OC. The summed E-state index contributed by atoms with van der Waals surface area (Å²) in [5, 5.41) is 3.50. The number of hydrogen-bond acceptors (Lipinski definition) is 5. The van der Waals surface area contributed by atoms with Crippen LogP contribution in [0.1, 0.15) is 15.9 Å². The molecule has 30 heavy (non-hydrogen) atoms. The zero-order valence-electron chi connectivity index (χ0n) is 16.9. The molecule has 0 aliphatic heterocycles. The van der Waals surface area contributed by atoms with Gasteiger partial charge in [0.1, 0.15) is 12.4 Å². The zero-order valence-corrected chi connectivity index (χ0v) is 17.7. The molecule has 6 nitrogen and oxygen atoms in total. The molecule has 0 saturated heterocycles. The number of amides is 1. The smallest absolute Gasteiger partial charge is 0.255 e.